The summed E-state index contributed by atoms with van der Waals surface area (Å²) in [4.78, 5) is 21.7. The van der Waals surface area contributed by atoms with E-state index in [1.165, 1.54) is 0 Å². The lowest BCUT2D eigenvalue weighted by atomic mass is 10.2. The molecule has 7 nitrogen and oxygen atoms in total. The van der Waals surface area contributed by atoms with Crippen LogP contribution >= 0.6 is 0 Å². The highest BCUT2D eigenvalue weighted by molar-refractivity contribution is 5.75. The summed E-state index contributed by atoms with van der Waals surface area (Å²) in [5, 5.41) is 17.3. The van der Waals surface area contributed by atoms with E-state index in [9.17, 15) is 9.59 Å². The average molecular weight is 241 g/mol. The van der Waals surface area contributed by atoms with Gasteiger partial charge in [-0.05, 0) is 13.8 Å². The summed E-state index contributed by atoms with van der Waals surface area (Å²) < 4.78 is 4.83. The van der Waals surface area contributed by atoms with Gasteiger partial charge in [0.1, 0.15) is 11.5 Å². The number of carbonyl (C=O) groups is 2. The molecule has 1 heterocycles. The van der Waals surface area contributed by atoms with E-state index in [-0.39, 0.29) is 13.0 Å². The lowest BCUT2D eigenvalue weighted by Gasteiger charge is -2.11. The SMILES string of the molecule is Cc1cc(CNC(=O)NC(C)CC(=O)O)no1. The van der Waals surface area contributed by atoms with Gasteiger partial charge in [0.05, 0.1) is 13.0 Å². The van der Waals surface area contributed by atoms with Crippen LogP contribution in [0.15, 0.2) is 10.6 Å². The number of aliphatic carboxylic acids is 1. The molecule has 94 valence electrons. The molecule has 0 aliphatic heterocycles. The first-order chi connectivity index (χ1) is 7.97. The summed E-state index contributed by atoms with van der Waals surface area (Å²) >= 11 is 0. The van der Waals surface area contributed by atoms with E-state index in [1.54, 1.807) is 19.9 Å². The highest BCUT2D eigenvalue weighted by Gasteiger charge is 2.10. The van der Waals surface area contributed by atoms with Gasteiger partial charge >= 0.3 is 12.0 Å². The highest BCUT2D eigenvalue weighted by atomic mass is 16.5. The van der Waals surface area contributed by atoms with Crippen LogP contribution in [-0.2, 0) is 11.3 Å². The van der Waals surface area contributed by atoms with Crippen LogP contribution < -0.4 is 10.6 Å². The number of carbonyl (C=O) groups excluding carboxylic acids is 1. The molecule has 0 saturated carbocycles. The fourth-order valence-electron chi connectivity index (χ4n) is 1.26. The summed E-state index contributed by atoms with van der Waals surface area (Å²) in [6, 6.07) is 0.854. The number of aryl methyl sites for hydroxylation is 1. The van der Waals surface area contributed by atoms with Crippen molar-refractivity contribution in [3.63, 3.8) is 0 Å². The number of nitrogens with one attached hydrogen (secondary N) is 2. The normalized spacial score (nSPS) is 11.9. The van der Waals surface area contributed by atoms with Gasteiger partial charge in [-0.15, -0.1) is 0 Å². The van der Waals surface area contributed by atoms with Crippen LogP contribution in [0, 0.1) is 6.92 Å². The van der Waals surface area contributed by atoms with Gasteiger partial charge in [0.25, 0.3) is 0 Å². The van der Waals surface area contributed by atoms with Gasteiger partial charge in [-0.25, -0.2) is 4.79 Å². The van der Waals surface area contributed by atoms with Crippen LogP contribution in [0.5, 0.6) is 0 Å². The van der Waals surface area contributed by atoms with Crippen molar-refractivity contribution < 1.29 is 19.2 Å². The molecule has 0 aromatic carbocycles. The first kappa shape index (κ1) is 13.0. The van der Waals surface area contributed by atoms with Gasteiger partial charge in [0, 0.05) is 12.1 Å². The number of rotatable bonds is 5. The predicted octanol–water partition coefficient (Wildman–Crippen LogP) is 0.645. The Morgan fingerprint density at radius 2 is 2.29 bits per heavy atom. The Kier molecular flexibility index (Phi) is 4.50. The number of nitrogens with zero attached hydrogens (tertiary/aromatic N) is 1. The number of hydrogen-bond donors (Lipinski definition) is 3. The minimum absolute atomic E-state index is 0.115. The first-order valence-corrected chi connectivity index (χ1v) is 5.15. The smallest absolute Gasteiger partial charge is 0.315 e. The summed E-state index contributed by atoms with van der Waals surface area (Å²) in [5.74, 6) is -0.286. The van der Waals surface area contributed by atoms with E-state index < -0.39 is 18.0 Å². The zero-order valence-corrected chi connectivity index (χ0v) is 9.69. The molecule has 1 aromatic rings. The molecule has 17 heavy (non-hydrogen) atoms. The predicted molar refractivity (Wildman–Crippen MR) is 58.3 cm³/mol. The summed E-state index contributed by atoms with van der Waals surface area (Å²) in [7, 11) is 0. The molecule has 0 radical (unpaired) electrons. The van der Waals surface area contributed by atoms with Gasteiger partial charge < -0.3 is 20.3 Å². The molecule has 0 saturated heterocycles. The van der Waals surface area contributed by atoms with Crippen LogP contribution in [0.25, 0.3) is 0 Å². The number of amides is 2. The van der Waals surface area contributed by atoms with Crippen molar-refractivity contribution in [3.05, 3.63) is 17.5 Å². The Balaban J connectivity index is 2.28. The number of hydrogen-bond acceptors (Lipinski definition) is 4. The van der Waals surface area contributed by atoms with Crippen LogP contribution in [0.2, 0.25) is 0 Å². The van der Waals surface area contributed by atoms with Gasteiger partial charge in [0.2, 0.25) is 0 Å². The van der Waals surface area contributed by atoms with E-state index in [2.05, 4.69) is 15.8 Å². The molecule has 7 heteroatoms. The fraction of sp³-hybridized carbons (Fsp3) is 0.500. The second-order valence-electron chi connectivity index (χ2n) is 3.75. The third-order valence-corrected chi connectivity index (χ3v) is 1.97. The van der Waals surface area contributed by atoms with E-state index in [0.29, 0.717) is 11.5 Å². The first-order valence-electron chi connectivity index (χ1n) is 5.15. The fourth-order valence-corrected chi connectivity index (χ4v) is 1.26. The van der Waals surface area contributed by atoms with Crippen LogP contribution in [0.4, 0.5) is 4.79 Å². The third-order valence-electron chi connectivity index (χ3n) is 1.97. The maximum Gasteiger partial charge on any atom is 0.315 e. The molecule has 0 aliphatic carbocycles. The van der Waals surface area contributed by atoms with Crippen molar-refractivity contribution in [2.24, 2.45) is 0 Å². The molecule has 0 spiro atoms. The number of aromatic nitrogens is 1. The summed E-state index contributed by atoms with van der Waals surface area (Å²) in [6.07, 6.45) is -0.115. The number of urea groups is 1. The molecular weight excluding hydrogens is 226 g/mol. The second-order valence-corrected chi connectivity index (χ2v) is 3.75. The largest absolute Gasteiger partial charge is 0.481 e. The maximum atomic E-state index is 11.3. The number of carboxylic acids is 1. The molecule has 3 N–H and O–H groups in total. The van der Waals surface area contributed by atoms with Crippen molar-refractivity contribution in [2.45, 2.75) is 32.9 Å². The lowest BCUT2D eigenvalue weighted by Crippen LogP contribution is -2.41. The van der Waals surface area contributed by atoms with Gasteiger partial charge in [-0.3, -0.25) is 4.79 Å². The quantitative estimate of drug-likeness (QED) is 0.701. The Labute approximate surface area is 98.2 Å². The van der Waals surface area contributed by atoms with Gasteiger partial charge in [0.15, 0.2) is 0 Å². The molecule has 2 amide bonds. The van der Waals surface area contributed by atoms with E-state index >= 15 is 0 Å². The molecule has 1 aromatic heterocycles. The molecular formula is C10H15N3O4. The standard InChI is InChI=1S/C10H15N3O4/c1-6(3-9(14)15)12-10(16)11-5-8-4-7(2)17-13-8/h4,6H,3,5H2,1-2H3,(H,14,15)(H2,11,12,16). The van der Waals surface area contributed by atoms with Crippen LogP contribution in [0.3, 0.4) is 0 Å². The third kappa shape index (κ3) is 5.01. The van der Waals surface area contributed by atoms with Crippen LogP contribution in [-0.4, -0.2) is 28.3 Å². The summed E-state index contributed by atoms with van der Waals surface area (Å²) in [5.41, 5.74) is 0.614. The van der Waals surface area contributed by atoms with Crippen molar-refractivity contribution in [3.8, 4) is 0 Å². The van der Waals surface area contributed by atoms with Crippen molar-refractivity contribution in [1.29, 1.82) is 0 Å². The molecule has 0 aliphatic rings. The Morgan fingerprint density at radius 3 is 2.82 bits per heavy atom. The topological polar surface area (TPSA) is 104 Å². The lowest BCUT2D eigenvalue weighted by molar-refractivity contribution is -0.137. The van der Waals surface area contributed by atoms with Crippen molar-refractivity contribution in [2.75, 3.05) is 0 Å². The molecule has 1 atom stereocenters. The molecule has 0 bridgehead atoms. The monoisotopic (exact) mass is 241 g/mol. The molecule has 1 rings (SSSR count). The van der Waals surface area contributed by atoms with Gasteiger partial charge in [-0.2, -0.15) is 0 Å². The minimum Gasteiger partial charge on any atom is -0.481 e. The average Bonchev–Trinajstić information content (AvgIpc) is 2.59. The molecule has 1 unspecified atom stereocenters. The number of carboxylic acid groups (broad SMARTS) is 1. The molecule has 0 fully saturated rings. The van der Waals surface area contributed by atoms with Crippen molar-refractivity contribution >= 4 is 12.0 Å². The van der Waals surface area contributed by atoms with Gasteiger partial charge in [-0.1, -0.05) is 5.16 Å². The summed E-state index contributed by atoms with van der Waals surface area (Å²) in [6.45, 7) is 3.61. The minimum atomic E-state index is -0.954. The Morgan fingerprint density at radius 1 is 1.59 bits per heavy atom. The second kappa shape index (κ2) is 5.88. The van der Waals surface area contributed by atoms with Crippen LogP contribution in [0.1, 0.15) is 24.8 Å². The Hall–Kier alpha value is -2.05. The highest BCUT2D eigenvalue weighted by Crippen LogP contribution is 2.00. The van der Waals surface area contributed by atoms with E-state index in [1.807, 2.05) is 0 Å². The zero-order chi connectivity index (χ0) is 12.8. The van der Waals surface area contributed by atoms with Crippen molar-refractivity contribution in [1.82, 2.24) is 15.8 Å². The zero-order valence-electron chi connectivity index (χ0n) is 9.69. The Bertz CT molecular complexity index is 402. The van der Waals surface area contributed by atoms with E-state index in [4.69, 9.17) is 9.63 Å². The maximum absolute atomic E-state index is 11.3. The van der Waals surface area contributed by atoms with E-state index in [0.717, 1.165) is 0 Å².